The fourth-order valence-electron chi connectivity index (χ4n) is 0.676. The largest absolute Gasteiger partial charge is 1.00 e. The van der Waals surface area contributed by atoms with Gasteiger partial charge in [0.25, 0.3) is 0 Å². The molecule has 0 heterocycles. The van der Waals surface area contributed by atoms with Crippen LogP contribution in [0.5, 0.6) is 5.75 Å². The molecule has 0 amide bonds. The first-order valence-corrected chi connectivity index (χ1v) is 3.16. The topological polar surface area (TPSA) is 67.3 Å². The molecule has 1 rings (SSSR count). The summed E-state index contributed by atoms with van der Waals surface area (Å²) >= 11 is 5.35. The van der Waals surface area contributed by atoms with Crippen LogP contribution >= 0.6 is 11.6 Å². The number of aromatic hydroxyl groups is 1. The van der Waals surface area contributed by atoms with Crippen LogP contribution in [0.4, 0.5) is 4.39 Å². The summed E-state index contributed by atoms with van der Waals surface area (Å²) in [6, 6.07) is 1.85. The molecule has 0 radical (unpaired) electrons. The van der Waals surface area contributed by atoms with Gasteiger partial charge in [0, 0.05) is 0 Å². The zero-order valence-electron chi connectivity index (χ0n) is 6.79. The standard InChI is InChI=1S/C7H4ClFO2.Na.H2O/c8-6-2-5(9)1-4(3-10)7(6)11;;/h1-3,11H;;1H2/q;+1;/p-1. The second kappa shape index (κ2) is 6.34. The molecule has 0 atom stereocenters. The average molecular weight is 215 g/mol. The minimum atomic E-state index is -0.644. The summed E-state index contributed by atoms with van der Waals surface area (Å²) in [5, 5.41) is 8.83. The quantitative estimate of drug-likeness (QED) is 0.473. The van der Waals surface area contributed by atoms with Crippen molar-refractivity contribution in [3.63, 3.8) is 0 Å². The Kier molecular flexibility index (Phi) is 7.49. The number of hydrogen-bond donors (Lipinski definition) is 1. The first kappa shape index (κ1) is 15.3. The van der Waals surface area contributed by atoms with Gasteiger partial charge >= 0.3 is 29.6 Å². The molecule has 0 saturated carbocycles. The molecular weight excluding hydrogens is 210 g/mol. The van der Waals surface area contributed by atoms with Crippen LogP contribution in [0.2, 0.25) is 5.02 Å². The number of rotatable bonds is 1. The number of benzene rings is 1. The number of halogens is 2. The van der Waals surface area contributed by atoms with Gasteiger partial charge in [-0.2, -0.15) is 0 Å². The third-order valence-corrected chi connectivity index (χ3v) is 1.47. The van der Waals surface area contributed by atoms with Gasteiger partial charge in [0.15, 0.2) is 6.29 Å². The number of phenols is 1. The van der Waals surface area contributed by atoms with E-state index in [1.165, 1.54) is 0 Å². The molecule has 0 aliphatic carbocycles. The molecule has 0 unspecified atom stereocenters. The summed E-state index contributed by atoms with van der Waals surface area (Å²) in [5.41, 5.74) is -0.144. The van der Waals surface area contributed by atoms with Crippen LogP contribution < -0.4 is 29.6 Å². The minimum absolute atomic E-state index is 0. The maximum Gasteiger partial charge on any atom is 1.00 e. The predicted molar refractivity (Wildman–Crippen MR) is 40.4 cm³/mol. The van der Waals surface area contributed by atoms with Crippen molar-refractivity contribution in [2.75, 3.05) is 0 Å². The molecule has 66 valence electrons. The van der Waals surface area contributed by atoms with Gasteiger partial charge in [-0.05, 0) is 12.1 Å². The van der Waals surface area contributed by atoms with Crippen molar-refractivity contribution in [3.8, 4) is 5.75 Å². The number of phenolic OH excluding ortho intramolecular Hbond substituents is 1. The van der Waals surface area contributed by atoms with Crippen molar-refractivity contribution in [1.82, 2.24) is 0 Å². The maximum atomic E-state index is 12.4. The Hall–Kier alpha value is -0.130. The zero-order valence-corrected chi connectivity index (χ0v) is 9.55. The fourth-order valence-corrected chi connectivity index (χ4v) is 0.889. The Morgan fingerprint density at radius 1 is 1.46 bits per heavy atom. The van der Waals surface area contributed by atoms with Gasteiger partial charge in [0.1, 0.15) is 11.6 Å². The maximum absolute atomic E-state index is 12.4. The van der Waals surface area contributed by atoms with Crippen LogP contribution in [0.3, 0.4) is 0 Å². The first-order valence-electron chi connectivity index (χ1n) is 2.78. The van der Waals surface area contributed by atoms with Gasteiger partial charge in [-0.15, -0.1) is 0 Å². The van der Waals surface area contributed by atoms with E-state index in [2.05, 4.69) is 0 Å². The number of carbonyl (C=O) groups excluding carboxylic acids is 1. The second-order valence-corrected chi connectivity index (χ2v) is 2.35. The molecule has 0 aromatic heterocycles. The van der Waals surface area contributed by atoms with Crippen LogP contribution in [0.25, 0.3) is 0 Å². The SMILES string of the molecule is O=Cc1cc(F)cc(Cl)c1O.[Na+].[OH-]. The summed E-state index contributed by atoms with van der Waals surface area (Å²) in [5.74, 6) is -1.03. The van der Waals surface area contributed by atoms with E-state index >= 15 is 0 Å². The normalized spacial score (nSPS) is 8.15. The Morgan fingerprint density at radius 3 is 2.46 bits per heavy atom. The molecule has 13 heavy (non-hydrogen) atoms. The van der Waals surface area contributed by atoms with Gasteiger partial charge in [-0.1, -0.05) is 11.6 Å². The minimum Gasteiger partial charge on any atom is -0.870 e. The van der Waals surface area contributed by atoms with Crippen molar-refractivity contribution < 1.29 is 49.3 Å². The van der Waals surface area contributed by atoms with Crippen molar-refractivity contribution >= 4 is 17.9 Å². The molecule has 6 heteroatoms. The Labute approximate surface area is 101 Å². The summed E-state index contributed by atoms with van der Waals surface area (Å²) < 4.78 is 12.4. The Bertz CT molecular complexity index is 306. The van der Waals surface area contributed by atoms with E-state index in [4.69, 9.17) is 16.7 Å². The van der Waals surface area contributed by atoms with Gasteiger partial charge in [-0.25, -0.2) is 4.39 Å². The summed E-state index contributed by atoms with van der Waals surface area (Å²) in [6.07, 6.45) is 0.338. The molecule has 0 spiro atoms. The molecule has 1 aromatic carbocycles. The van der Waals surface area contributed by atoms with Gasteiger partial charge in [0.2, 0.25) is 0 Å². The van der Waals surface area contributed by atoms with Crippen LogP contribution in [0, 0.1) is 5.82 Å². The van der Waals surface area contributed by atoms with Crippen molar-refractivity contribution in [2.45, 2.75) is 0 Å². The van der Waals surface area contributed by atoms with E-state index in [9.17, 15) is 9.18 Å². The molecule has 1 aromatic rings. The Balaban J connectivity index is 0. The second-order valence-electron chi connectivity index (χ2n) is 1.94. The molecule has 3 nitrogen and oxygen atoms in total. The van der Waals surface area contributed by atoms with E-state index in [1.54, 1.807) is 0 Å². The van der Waals surface area contributed by atoms with Crippen LogP contribution in [0.1, 0.15) is 10.4 Å². The van der Waals surface area contributed by atoms with Crippen LogP contribution in [-0.4, -0.2) is 16.9 Å². The third kappa shape index (κ3) is 3.62. The van der Waals surface area contributed by atoms with Gasteiger partial charge < -0.3 is 10.6 Å². The molecule has 0 saturated heterocycles. The molecular formula is C7H5ClFNaO3. The molecule has 0 aliphatic rings. The van der Waals surface area contributed by atoms with Crippen molar-refractivity contribution in [1.29, 1.82) is 0 Å². The third-order valence-electron chi connectivity index (χ3n) is 1.18. The number of carbonyl (C=O) groups is 1. The van der Waals surface area contributed by atoms with E-state index < -0.39 is 5.82 Å². The van der Waals surface area contributed by atoms with Gasteiger partial charge in [0.05, 0.1) is 10.6 Å². The number of hydrogen-bond acceptors (Lipinski definition) is 3. The smallest absolute Gasteiger partial charge is 0.870 e. The van der Waals surface area contributed by atoms with E-state index in [0.717, 1.165) is 12.1 Å². The average Bonchev–Trinajstić information content (AvgIpc) is 1.96. The predicted octanol–water partition coefficient (Wildman–Crippen LogP) is -1.18. The summed E-state index contributed by atoms with van der Waals surface area (Å²) in [7, 11) is 0. The molecule has 0 fully saturated rings. The first-order chi connectivity index (χ1) is 5.15. The Morgan fingerprint density at radius 2 is 2.00 bits per heavy atom. The van der Waals surface area contributed by atoms with Gasteiger partial charge in [-0.3, -0.25) is 4.79 Å². The summed E-state index contributed by atoms with van der Waals surface area (Å²) in [4.78, 5) is 10.1. The summed E-state index contributed by atoms with van der Waals surface area (Å²) in [6.45, 7) is 0. The van der Waals surface area contributed by atoms with E-state index in [0.29, 0.717) is 6.29 Å². The molecule has 2 N–H and O–H groups in total. The fraction of sp³-hybridized carbons (Fsp3) is 0. The molecule has 0 bridgehead atoms. The van der Waals surface area contributed by atoms with Crippen molar-refractivity contribution in [3.05, 3.63) is 28.5 Å². The van der Waals surface area contributed by atoms with E-state index in [-0.39, 0.29) is 51.4 Å². The van der Waals surface area contributed by atoms with Crippen molar-refractivity contribution in [2.24, 2.45) is 0 Å². The zero-order chi connectivity index (χ0) is 8.43. The monoisotopic (exact) mass is 214 g/mol. The van der Waals surface area contributed by atoms with E-state index in [1.807, 2.05) is 0 Å². The van der Waals surface area contributed by atoms with Crippen LogP contribution in [-0.2, 0) is 0 Å². The van der Waals surface area contributed by atoms with Crippen LogP contribution in [0.15, 0.2) is 12.1 Å². The molecule has 0 aliphatic heterocycles. The number of aldehydes is 1.